The van der Waals surface area contributed by atoms with Gasteiger partial charge in [-0.1, -0.05) is 0 Å². The Kier molecular flexibility index (Phi) is 4.11. The number of carbonyl (C=O) groups is 1. The summed E-state index contributed by atoms with van der Waals surface area (Å²) < 4.78 is 5.27. The van der Waals surface area contributed by atoms with E-state index in [2.05, 4.69) is 20.2 Å². The summed E-state index contributed by atoms with van der Waals surface area (Å²) in [5.74, 6) is 0.908. The molecule has 0 aliphatic carbocycles. The molecule has 110 valence electrons. The molecule has 1 fully saturated rings. The third-order valence-electron chi connectivity index (χ3n) is 3.02. The van der Waals surface area contributed by atoms with E-state index in [0.717, 1.165) is 31.0 Å². The topological polar surface area (TPSA) is 67.4 Å². The highest BCUT2D eigenvalue weighted by Crippen LogP contribution is 2.18. The number of hydrogen-bond acceptors (Lipinski definition) is 5. The van der Waals surface area contributed by atoms with Crippen LogP contribution >= 0.6 is 0 Å². The van der Waals surface area contributed by atoms with Gasteiger partial charge in [-0.15, -0.1) is 0 Å². The van der Waals surface area contributed by atoms with Crippen molar-refractivity contribution in [3.8, 4) is 0 Å². The van der Waals surface area contributed by atoms with E-state index >= 15 is 0 Å². The van der Waals surface area contributed by atoms with Gasteiger partial charge in [0.05, 0.1) is 6.04 Å². The van der Waals surface area contributed by atoms with Crippen molar-refractivity contribution in [2.24, 2.45) is 0 Å². The van der Waals surface area contributed by atoms with Crippen LogP contribution in [0.4, 0.5) is 10.6 Å². The molecule has 1 aliphatic heterocycles. The summed E-state index contributed by atoms with van der Waals surface area (Å²) in [7, 11) is 0. The zero-order valence-corrected chi connectivity index (χ0v) is 12.5. The summed E-state index contributed by atoms with van der Waals surface area (Å²) in [6.07, 6.45) is 2.10. The maximum Gasteiger partial charge on any atom is 0.407 e. The number of nitrogens with zero attached hydrogens (tertiary/aromatic N) is 3. The number of hydrogen-bond donors (Lipinski definition) is 1. The molecule has 1 saturated heterocycles. The molecule has 0 unspecified atom stereocenters. The highest BCUT2D eigenvalue weighted by atomic mass is 16.6. The number of aromatic nitrogens is 2. The normalized spacial score (nSPS) is 19.0. The molecule has 1 aromatic heterocycles. The number of carbonyl (C=O) groups excluding carboxylic acids is 1. The molecule has 1 aliphatic rings. The van der Waals surface area contributed by atoms with E-state index in [0.29, 0.717) is 0 Å². The molecule has 1 amide bonds. The SMILES string of the molecule is Cc1cc(N2CC[C@@H](NC(=O)OC(C)(C)C)C2)ncn1. The molecular formula is C14H22N4O2. The minimum atomic E-state index is -0.466. The van der Waals surface area contributed by atoms with Gasteiger partial charge in [0.25, 0.3) is 0 Å². The fraction of sp³-hybridized carbons (Fsp3) is 0.643. The number of aryl methyl sites for hydroxylation is 1. The number of alkyl carbamates (subject to hydrolysis) is 1. The molecule has 1 atom stereocenters. The summed E-state index contributed by atoms with van der Waals surface area (Å²) in [6, 6.07) is 2.05. The van der Waals surface area contributed by atoms with Crippen LogP contribution in [0.5, 0.6) is 0 Å². The van der Waals surface area contributed by atoms with Crippen LogP contribution in [-0.4, -0.2) is 40.8 Å². The number of rotatable bonds is 2. The first-order valence-electron chi connectivity index (χ1n) is 6.86. The van der Waals surface area contributed by atoms with Gasteiger partial charge in [-0.25, -0.2) is 14.8 Å². The van der Waals surface area contributed by atoms with Gasteiger partial charge in [0.1, 0.15) is 17.7 Å². The molecule has 1 aromatic rings. The van der Waals surface area contributed by atoms with Crippen LogP contribution in [0, 0.1) is 6.92 Å². The van der Waals surface area contributed by atoms with Crippen molar-refractivity contribution < 1.29 is 9.53 Å². The third kappa shape index (κ3) is 4.08. The molecule has 0 bridgehead atoms. The second kappa shape index (κ2) is 5.64. The minimum absolute atomic E-state index is 0.0973. The summed E-state index contributed by atoms with van der Waals surface area (Å²) in [6.45, 7) is 9.13. The second-order valence-electron chi connectivity index (χ2n) is 6.10. The lowest BCUT2D eigenvalue weighted by molar-refractivity contribution is 0.0509. The van der Waals surface area contributed by atoms with E-state index in [1.807, 2.05) is 33.8 Å². The highest BCUT2D eigenvalue weighted by Gasteiger charge is 2.26. The predicted octanol–water partition coefficient (Wildman–Crippen LogP) is 1.89. The first-order chi connectivity index (χ1) is 9.33. The molecule has 0 aromatic carbocycles. The number of anilines is 1. The van der Waals surface area contributed by atoms with Gasteiger partial charge in [-0.2, -0.15) is 0 Å². The molecule has 6 heteroatoms. The lowest BCUT2D eigenvalue weighted by Crippen LogP contribution is -2.40. The average molecular weight is 278 g/mol. The van der Waals surface area contributed by atoms with Crippen molar-refractivity contribution in [2.75, 3.05) is 18.0 Å². The van der Waals surface area contributed by atoms with Crippen molar-refractivity contribution >= 4 is 11.9 Å². The maximum atomic E-state index is 11.7. The van der Waals surface area contributed by atoms with Crippen molar-refractivity contribution in [1.82, 2.24) is 15.3 Å². The molecule has 20 heavy (non-hydrogen) atoms. The van der Waals surface area contributed by atoms with Crippen LogP contribution in [0.3, 0.4) is 0 Å². The van der Waals surface area contributed by atoms with Crippen LogP contribution in [-0.2, 0) is 4.74 Å². The molecule has 6 nitrogen and oxygen atoms in total. The van der Waals surface area contributed by atoms with Gasteiger partial charge in [0, 0.05) is 24.8 Å². The van der Waals surface area contributed by atoms with Gasteiger partial charge in [-0.3, -0.25) is 0 Å². The van der Waals surface area contributed by atoms with Crippen molar-refractivity contribution in [2.45, 2.75) is 45.8 Å². The Bertz CT molecular complexity index is 484. The lowest BCUT2D eigenvalue weighted by atomic mass is 10.2. The van der Waals surface area contributed by atoms with E-state index in [9.17, 15) is 4.79 Å². The number of ether oxygens (including phenoxy) is 1. The molecule has 2 heterocycles. The Hall–Kier alpha value is -1.85. The Morgan fingerprint density at radius 2 is 2.20 bits per heavy atom. The molecule has 0 saturated carbocycles. The zero-order valence-electron chi connectivity index (χ0n) is 12.5. The smallest absolute Gasteiger partial charge is 0.407 e. The number of amides is 1. The van der Waals surface area contributed by atoms with Gasteiger partial charge >= 0.3 is 6.09 Å². The Balaban J connectivity index is 1.88. The fourth-order valence-electron chi connectivity index (χ4n) is 2.17. The standard InChI is InChI=1S/C14H22N4O2/c1-10-7-12(16-9-15-10)18-6-5-11(8-18)17-13(19)20-14(2,3)4/h7,9,11H,5-6,8H2,1-4H3,(H,17,19)/t11-/m1/s1. The lowest BCUT2D eigenvalue weighted by Gasteiger charge is -2.22. The van der Waals surface area contributed by atoms with E-state index in [-0.39, 0.29) is 12.1 Å². The second-order valence-corrected chi connectivity index (χ2v) is 6.10. The maximum absolute atomic E-state index is 11.7. The highest BCUT2D eigenvalue weighted by molar-refractivity contribution is 5.68. The van der Waals surface area contributed by atoms with Crippen molar-refractivity contribution in [3.05, 3.63) is 18.1 Å². The molecule has 0 radical (unpaired) electrons. The Morgan fingerprint density at radius 3 is 2.85 bits per heavy atom. The van der Waals surface area contributed by atoms with Crippen molar-refractivity contribution in [1.29, 1.82) is 0 Å². The average Bonchev–Trinajstić information content (AvgIpc) is 2.74. The van der Waals surface area contributed by atoms with E-state index < -0.39 is 5.60 Å². The van der Waals surface area contributed by atoms with Crippen LogP contribution in [0.25, 0.3) is 0 Å². The van der Waals surface area contributed by atoms with Gasteiger partial charge in [0.15, 0.2) is 0 Å². The monoisotopic (exact) mass is 278 g/mol. The third-order valence-corrected chi connectivity index (χ3v) is 3.02. The summed E-state index contributed by atoms with van der Waals surface area (Å²) in [4.78, 5) is 22.2. The summed E-state index contributed by atoms with van der Waals surface area (Å²) >= 11 is 0. The summed E-state index contributed by atoms with van der Waals surface area (Å²) in [5.41, 5.74) is 0.477. The summed E-state index contributed by atoms with van der Waals surface area (Å²) in [5, 5.41) is 2.90. The fourth-order valence-corrected chi connectivity index (χ4v) is 2.17. The van der Waals surface area contributed by atoms with Crippen LogP contribution in [0.2, 0.25) is 0 Å². The van der Waals surface area contributed by atoms with Crippen molar-refractivity contribution in [3.63, 3.8) is 0 Å². The first kappa shape index (κ1) is 14.6. The van der Waals surface area contributed by atoms with Crippen LogP contribution in [0.1, 0.15) is 32.9 Å². The van der Waals surface area contributed by atoms with Crippen LogP contribution in [0.15, 0.2) is 12.4 Å². The zero-order chi connectivity index (χ0) is 14.8. The first-order valence-corrected chi connectivity index (χ1v) is 6.86. The van der Waals surface area contributed by atoms with E-state index in [1.54, 1.807) is 6.33 Å². The molecule has 2 rings (SSSR count). The predicted molar refractivity (Wildman–Crippen MR) is 76.8 cm³/mol. The van der Waals surface area contributed by atoms with E-state index in [4.69, 9.17) is 4.74 Å². The van der Waals surface area contributed by atoms with Gasteiger partial charge in [-0.05, 0) is 34.1 Å². The van der Waals surface area contributed by atoms with E-state index in [1.165, 1.54) is 0 Å². The van der Waals surface area contributed by atoms with Gasteiger partial charge < -0.3 is 15.0 Å². The van der Waals surface area contributed by atoms with Crippen LogP contribution < -0.4 is 10.2 Å². The number of nitrogens with one attached hydrogen (secondary N) is 1. The quantitative estimate of drug-likeness (QED) is 0.894. The minimum Gasteiger partial charge on any atom is -0.444 e. The molecule has 1 N–H and O–H groups in total. The molecule has 0 spiro atoms. The Morgan fingerprint density at radius 1 is 1.45 bits per heavy atom. The Labute approximate surface area is 119 Å². The van der Waals surface area contributed by atoms with Gasteiger partial charge in [0.2, 0.25) is 0 Å². The largest absolute Gasteiger partial charge is 0.444 e. The molecular weight excluding hydrogens is 256 g/mol.